The van der Waals surface area contributed by atoms with Crippen LogP contribution in [0.2, 0.25) is 0 Å². The van der Waals surface area contributed by atoms with Gasteiger partial charge in [-0.2, -0.15) is 0 Å². The number of aliphatic hydroxyl groups excluding tert-OH is 1. The quantitative estimate of drug-likeness (QED) is 0.663. The Hall–Kier alpha value is -2.77. The van der Waals surface area contributed by atoms with Gasteiger partial charge in [-0.05, 0) is 37.5 Å². The lowest BCUT2D eigenvalue weighted by Crippen LogP contribution is -2.51. The van der Waals surface area contributed by atoms with Gasteiger partial charge in [0.05, 0.1) is 36.8 Å². The zero-order valence-corrected chi connectivity index (χ0v) is 16.5. The van der Waals surface area contributed by atoms with Gasteiger partial charge in [-0.15, -0.1) is 0 Å². The van der Waals surface area contributed by atoms with Crippen LogP contribution < -0.4 is 10.6 Å². The molecule has 1 fully saturated rings. The Bertz CT molecular complexity index is 800. The van der Waals surface area contributed by atoms with Crippen LogP contribution in [0.3, 0.4) is 0 Å². The van der Waals surface area contributed by atoms with E-state index in [2.05, 4.69) is 15.6 Å². The number of carbonyl (C=O) groups excluding carboxylic acids is 2. The topological polar surface area (TPSA) is 101 Å². The van der Waals surface area contributed by atoms with Gasteiger partial charge in [0.15, 0.2) is 0 Å². The van der Waals surface area contributed by atoms with Crippen molar-refractivity contribution in [1.82, 2.24) is 15.6 Å². The summed E-state index contributed by atoms with van der Waals surface area (Å²) in [6.45, 7) is 1.71. The molecule has 4 atom stereocenters. The van der Waals surface area contributed by atoms with Gasteiger partial charge in [-0.25, -0.2) is 0 Å². The molecule has 0 radical (unpaired) electrons. The summed E-state index contributed by atoms with van der Waals surface area (Å²) in [4.78, 5) is 28.7. The van der Waals surface area contributed by atoms with Gasteiger partial charge in [0.1, 0.15) is 6.10 Å². The van der Waals surface area contributed by atoms with Gasteiger partial charge >= 0.3 is 0 Å². The first kappa shape index (κ1) is 21.0. The molecule has 3 rings (SSSR count). The van der Waals surface area contributed by atoms with Crippen LogP contribution in [0.15, 0.2) is 54.9 Å². The molecule has 0 aliphatic carbocycles. The van der Waals surface area contributed by atoms with E-state index in [0.29, 0.717) is 18.4 Å². The Morgan fingerprint density at radius 1 is 1.21 bits per heavy atom. The van der Waals surface area contributed by atoms with Crippen molar-refractivity contribution in [1.29, 1.82) is 0 Å². The third-order valence-corrected chi connectivity index (χ3v) is 5.13. The highest BCUT2D eigenvalue weighted by Gasteiger charge is 2.33. The van der Waals surface area contributed by atoms with Crippen LogP contribution in [-0.2, 0) is 9.53 Å². The number of pyridine rings is 1. The monoisotopic (exact) mass is 397 g/mol. The van der Waals surface area contributed by atoms with E-state index in [1.165, 1.54) is 6.20 Å². The Kier molecular flexibility index (Phi) is 7.32. The maximum absolute atomic E-state index is 12.4. The molecule has 1 aliphatic rings. The molecule has 0 spiro atoms. The number of aromatic nitrogens is 1. The van der Waals surface area contributed by atoms with E-state index < -0.39 is 6.10 Å². The molecule has 3 N–H and O–H groups in total. The molecule has 1 aromatic heterocycles. The molecular formula is C22H27N3O4. The second-order valence-corrected chi connectivity index (χ2v) is 7.28. The highest BCUT2D eigenvalue weighted by Crippen LogP contribution is 2.23. The summed E-state index contributed by atoms with van der Waals surface area (Å²) in [7, 11) is 0. The SMILES string of the molecule is C[C@H](NC(=O)C[C@H]1CC[C@H](NC(=O)c2cccnc2)[C@@H](CO)O1)c1ccccc1. The molecule has 1 aromatic carbocycles. The Balaban J connectivity index is 1.50. The van der Waals surface area contributed by atoms with Gasteiger partial charge in [0.2, 0.25) is 5.91 Å². The van der Waals surface area contributed by atoms with Crippen LogP contribution >= 0.6 is 0 Å². The van der Waals surface area contributed by atoms with E-state index >= 15 is 0 Å². The first-order valence-corrected chi connectivity index (χ1v) is 9.88. The molecule has 0 bridgehead atoms. The Morgan fingerprint density at radius 3 is 2.69 bits per heavy atom. The fraction of sp³-hybridized carbons (Fsp3) is 0.409. The van der Waals surface area contributed by atoms with Crippen molar-refractivity contribution in [2.45, 2.75) is 50.5 Å². The first-order chi connectivity index (χ1) is 14.1. The molecule has 7 nitrogen and oxygen atoms in total. The van der Waals surface area contributed by atoms with E-state index in [1.807, 2.05) is 37.3 Å². The van der Waals surface area contributed by atoms with Crippen LogP contribution in [0.5, 0.6) is 0 Å². The van der Waals surface area contributed by atoms with Crippen molar-refractivity contribution >= 4 is 11.8 Å². The molecule has 0 saturated carbocycles. The summed E-state index contributed by atoms with van der Waals surface area (Å²) < 4.78 is 5.90. The van der Waals surface area contributed by atoms with Crippen molar-refractivity contribution in [3.8, 4) is 0 Å². The molecule has 29 heavy (non-hydrogen) atoms. The number of benzene rings is 1. The van der Waals surface area contributed by atoms with Crippen molar-refractivity contribution in [2.75, 3.05) is 6.61 Å². The van der Waals surface area contributed by atoms with Gasteiger partial charge in [-0.1, -0.05) is 30.3 Å². The number of nitrogens with zero attached hydrogens (tertiary/aromatic N) is 1. The lowest BCUT2D eigenvalue weighted by molar-refractivity contribution is -0.131. The summed E-state index contributed by atoms with van der Waals surface area (Å²) in [6, 6.07) is 12.7. The largest absolute Gasteiger partial charge is 0.394 e. The van der Waals surface area contributed by atoms with Crippen LogP contribution in [0.1, 0.15) is 48.1 Å². The maximum Gasteiger partial charge on any atom is 0.253 e. The number of hydrogen-bond donors (Lipinski definition) is 3. The van der Waals surface area contributed by atoms with Crippen molar-refractivity contribution in [2.24, 2.45) is 0 Å². The van der Waals surface area contributed by atoms with Crippen molar-refractivity contribution in [3.05, 3.63) is 66.0 Å². The Morgan fingerprint density at radius 2 is 2.00 bits per heavy atom. The minimum absolute atomic E-state index is 0.0903. The molecule has 154 valence electrons. The van der Waals surface area contributed by atoms with Crippen LogP contribution in [-0.4, -0.2) is 46.8 Å². The average molecular weight is 397 g/mol. The number of rotatable bonds is 7. The molecule has 2 amide bonds. The number of carbonyl (C=O) groups is 2. The molecule has 0 unspecified atom stereocenters. The average Bonchev–Trinajstić information content (AvgIpc) is 2.75. The number of nitrogens with one attached hydrogen (secondary N) is 2. The second kappa shape index (κ2) is 10.1. The molecule has 1 saturated heterocycles. The predicted molar refractivity (Wildman–Crippen MR) is 108 cm³/mol. The van der Waals surface area contributed by atoms with Gasteiger partial charge in [0, 0.05) is 12.4 Å². The zero-order valence-electron chi connectivity index (χ0n) is 16.5. The number of amides is 2. The highest BCUT2D eigenvalue weighted by atomic mass is 16.5. The summed E-state index contributed by atoms with van der Waals surface area (Å²) in [6.07, 6.45) is 3.73. The van der Waals surface area contributed by atoms with E-state index in [0.717, 1.165) is 5.56 Å². The predicted octanol–water partition coefficient (Wildman–Crippen LogP) is 1.99. The van der Waals surface area contributed by atoms with Crippen LogP contribution in [0.25, 0.3) is 0 Å². The number of ether oxygens (including phenoxy) is 1. The number of aliphatic hydroxyl groups is 1. The summed E-state index contributed by atoms with van der Waals surface area (Å²) in [5.41, 5.74) is 1.50. The van der Waals surface area contributed by atoms with E-state index in [1.54, 1.807) is 18.3 Å². The second-order valence-electron chi connectivity index (χ2n) is 7.28. The van der Waals surface area contributed by atoms with Gasteiger partial charge in [0.25, 0.3) is 5.91 Å². The first-order valence-electron chi connectivity index (χ1n) is 9.88. The van der Waals surface area contributed by atoms with E-state index in [9.17, 15) is 14.7 Å². The fourth-order valence-corrected chi connectivity index (χ4v) is 3.53. The Labute approximate surface area is 170 Å². The molecule has 2 aromatic rings. The molecule has 1 aliphatic heterocycles. The summed E-state index contributed by atoms with van der Waals surface area (Å²) in [5, 5.41) is 15.6. The summed E-state index contributed by atoms with van der Waals surface area (Å²) in [5.74, 6) is -0.348. The third kappa shape index (κ3) is 5.85. The third-order valence-electron chi connectivity index (χ3n) is 5.13. The van der Waals surface area contributed by atoms with Crippen molar-refractivity contribution in [3.63, 3.8) is 0 Å². The standard InChI is InChI=1S/C22H27N3O4/c1-15(16-6-3-2-4-7-16)24-21(27)12-18-9-10-19(20(14-26)29-18)25-22(28)17-8-5-11-23-13-17/h2-8,11,13,15,18-20,26H,9-10,12,14H2,1H3,(H,24,27)(H,25,28)/t15-,18+,19-,20+/m0/s1. The highest BCUT2D eigenvalue weighted by molar-refractivity contribution is 5.94. The van der Waals surface area contributed by atoms with Crippen LogP contribution in [0.4, 0.5) is 0 Å². The van der Waals surface area contributed by atoms with Gasteiger partial charge in [-0.3, -0.25) is 14.6 Å². The molecule has 7 heteroatoms. The lowest BCUT2D eigenvalue weighted by Gasteiger charge is -2.36. The normalized spacial score (nSPS) is 22.5. The smallest absolute Gasteiger partial charge is 0.253 e. The lowest BCUT2D eigenvalue weighted by atomic mass is 9.96. The van der Waals surface area contributed by atoms with Crippen molar-refractivity contribution < 1.29 is 19.4 Å². The molecular weight excluding hydrogens is 370 g/mol. The van der Waals surface area contributed by atoms with E-state index in [-0.39, 0.29) is 43.0 Å². The number of hydrogen-bond acceptors (Lipinski definition) is 5. The van der Waals surface area contributed by atoms with E-state index in [4.69, 9.17) is 4.74 Å². The minimum atomic E-state index is -0.547. The maximum atomic E-state index is 12.4. The minimum Gasteiger partial charge on any atom is -0.394 e. The zero-order chi connectivity index (χ0) is 20.6. The fourth-order valence-electron chi connectivity index (χ4n) is 3.53. The summed E-state index contributed by atoms with van der Waals surface area (Å²) >= 11 is 0. The van der Waals surface area contributed by atoms with Crippen LogP contribution in [0, 0.1) is 0 Å². The van der Waals surface area contributed by atoms with Gasteiger partial charge < -0.3 is 20.5 Å². The molecule has 2 heterocycles.